The second kappa shape index (κ2) is 6.88. The number of hydrogen-bond donors (Lipinski definition) is 1. The Hall–Kier alpha value is -3.54. The van der Waals surface area contributed by atoms with Crippen molar-refractivity contribution in [1.29, 1.82) is 0 Å². The summed E-state index contributed by atoms with van der Waals surface area (Å²) in [5, 5.41) is 3.75. The number of rotatable bonds is 3. The van der Waals surface area contributed by atoms with Gasteiger partial charge < -0.3 is 9.88 Å². The fourth-order valence-corrected chi connectivity index (χ4v) is 3.22. The number of carbonyl (C=O) groups is 1. The molecule has 0 radical (unpaired) electrons. The second-order valence-electron chi connectivity index (χ2n) is 6.75. The third-order valence-corrected chi connectivity index (χ3v) is 4.94. The molecular weight excluding hydrogens is 355 g/mol. The number of nitrogens with one attached hydrogen (secondary N) is 1. The highest BCUT2D eigenvalue weighted by Gasteiger charge is 2.18. The van der Waals surface area contributed by atoms with Gasteiger partial charge in [0.15, 0.2) is 5.65 Å². The molecule has 1 amide bonds. The largest absolute Gasteiger partial charge is 0.347 e. The normalized spacial score (nSPS) is 11.0. The molecule has 28 heavy (non-hydrogen) atoms. The van der Waals surface area contributed by atoms with Crippen LogP contribution in [-0.4, -0.2) is 20.4 Å². The Morgan fingerprint density at radius 2 is 1.93 bits per heavy atom. The monoisotopic (exact) mass is 374 g/mol. The third kappa shape index (κ3) is 3.13. The predicted molar refractivity (Wildman–Crippen MR) is 108 cm³/mol. The predicted octanol–water partition coefficient (Wildman–Crippen LogP) is 4.64. The Bertz CT molecular complexity index is 1210. The first-order chi connectivity index (χ1) is 13.4. The van der Waals surface area contributed by atoms with E-state index in [0.717, 1.165) is 22.3 Å². The molecule has 5 nitrogen and oxygen atoms in total. The van der Waals surface area contributed by atoms with Gasteiger partial charge in [0, 0.05) is 30.0 Å². The zero-order valence-electron chi connectivity index (χ0n) is 15.8. The van der Waals surface area contributed by atoms with Crippen molar-refractivity contribution >= 4 is 22.8 Å². The van der Waals surface area contributed by atoms with Gasteiger partial charge in [-0.1, -0.05) is 0 Å². The second-order valence-corrected chi connectivity index (χ2v) is 6.75. The quantitative estimate of drug-likeness (QED) is 0.568. The molecule has 3 aromatic heterocycles. The maximum atomic E-state index is 13.6. The van der Waals surface area contributed by atoms with E-state index in [2.05, 4.69) is 15.3 Å². The van der Waals surface area contributed by atoms with E-state index in [1.165, 1.54) is 6.07 Å². The summed E-state index contributed by atoms with van der Waals surface area (Å²) in [6.45, 7) is 3.60. The van der Waals surface area contributed by atoms with Crippen LogP contribution >= 0.6 is 0 Å². The van der Waals surface area contributed by atoms with Gasteiger partial charge in [0.2, 0.25) is 0 Å². The summed E-state index contributed by atoms with van der Waals surface area (Å²) in [6, 6.07) is 14.1. The maximum Gasteiger partial charge on any atom is 0.258 e. The molecule has 0 bridgehead atoms. The molecule has 140 valence electrons. The van der Waals surface area contributed by atoms with Crippen molar-refractivity contribution in [2.75, 3.05) is 5.32 Å². The smallest absolute Gasteiger partial charge is 0.258 e. The number of benzene rings is 1. The minimum absolute atomic E-state index is 0.247. The standard InChI is InChI=1S/C22H19FN4O/c1-13-11-16(6-8-18(13)23)19-12-17(14(2)27(19)3)22(28)26-20-9-7-15-5-4-10-24-21(15)25-20/h4-12H,1-3H3,(H,24,25,26,28). The van der Waals surface area contributed by atoms with Gasteiger partial charge >= 0.3 is 0 Å². The number of aryl methyl sites for hydroxylation is 1. The molecule has 4 rings (SSSR count). The zero-order valence-corrected chi connectivity index (χ0v) is 15.8. The zero-order chi connectivity index (χ0) is 19.8. The molecule has 0 aliphatic rings. The molecule has 6 heteroatoms. The molecule has 0 fully saturated rings. The van der Waals surface area contributed by atoms with Crippen molar-refractivity contribution in [3.05, 3.63) is 77.4 Å². The number of anilines is 1. The third-order valence-electron chi connectivity index (χ3n) is 4.94. The first-order valence-corrected chi connectivity index (χ1v) is 8.90. The molecule has 0 spiro atoms. The van der Waals surface area contributed by atoms with Crippen molar-refractivity contribution in [1.82, 2.24) is 14.5 Å². The van der Waals surface area contributed by atoms with E-state index in [0.29, 0.717) is 22.6 Å². The lowest BCUT2D eigenvalue weighted by Gasteiger charge is -2.07. The Morgan fingerprint density at radius 1 is 1.11 bits per heavy atom. The van der Waals surface area contributed by atoms with Crippen molar-refractivity contribution in [3.63, 3.8) is 0 Å². The molecule has 0 atom stereocenters. The van der Waals surface area contributed by atoms with Crippen molar-refractivity contribution in [2.24, 2.45) is 7.05 Å². The summed E-state index contributed by atoms with van der Waals surface area (Å²) < 4.78 is 15.5. The van der Waals surface area contributed by atoms with Crippen molar-refractivity contribution in [3.8, 4) is 11.3 Å². The van der Waals surface area contributed by atoms with Gasteiger partial charge in [-0.2, -0.15) is 0 Å². The number of pyridine rings is 2. The van der Waals surface area contributed by atoms with Crippen molar-refractivity contribution < 1.29 is 9.18 Å². The van der Waals surface area contributed by atoms with E-state index in [9.17, 15) is 9.18 Å². The van der Waals surface area contributed by atoms with E-state index < -0.39 is 0 Å². The Balaban J connectivity index is 1.66. The first-order valence-electron chi connectivity index (χ1n) is 8.90. The maximum absolute atomic E-state index is 13.6. The SMILES string of the molecule is Cc1cc(-c2cc(C(=O)Nc3ccc4cccnc4n3)c(C)n2C)ccc1F. The summed E-state index contributed by atoms with van der Waals surface area (Å²) >= 11 is 0. The van der Waals surface area contributed by atoms with Gasteiger partial charge in [-0.15, -0.1) is 0 Å². The van der Waals surface area contributed by atoms with Crippen LogP contribution in [0.5, 0.6) is 0 Å². The van der Waals surface area contributed by atoms with E-state index in [1.807, 2.05) is 42.8 Å². The fraction of sp³-hybridized carbons (Fsp3) is 0.136. The molecule has 1 N–H and O–H groups in total. The summed E-state index contributed by atoms with van der Waals surface area (Å²) in [5.74, 6) is -0.0526. The summed E-state index contributed by atoms with van der Waals surface area (Å²) in [4.78, 5) is 21.4. The minimum atomic E-state index is -0.249. The van der Waals surface area contributed by atoms with E-state index in [4.69, 9.17) is 0 Å². The topological polar surface area (TPSA) is 59.8 Å². The van der Waals surface area contributed by atoms with Gasteiger partial charge in [0.05, 0.1) is 5.56 Å². The Labute approximate surface area is 161 Å². The van der Waals surface area contributed by atoms with E-state index in [1.54, 1.807) is 31.3 Å². The van der Waals surface area contributed by atoms with Crippen LogP contribution in [0.4, 0.5) is 10.2 Å². The van der Waals surface area contributed by atoms with E-state index in [-0.39, 0.29) is 11.7 Å². The van der Waals surface area contributed by atoms with Gasteiger partial charge in [0.25, 0.3) is 5.91 Å². The number of carbonyl (C=O) groups excluding carboxylic acids is 1. The fourth-order valence-electron chi connectivity index (χ4n) is 3.22. The average Bonchev–Trinajstić information content (AvgIpc) is 2.99. The lowest BCUT2D eigenvalue weighted by atomic mass is 10.1. The molecular formula is C22H19FN4O. The van der Waals surface area contributed by atoms with Crippen LogP contribution in [-0.2, 0) is 7.05 Å². The molecule has 0 saturated carbocycles. The number of aromatic nitrogens is 3. The summed E-state index contributed by atoms with van der Waals surface area (Å²) in [5.41, 5.74) is 4.20. The lowest BCUT2D eigenvalue weighted by molar-refractivity contribution is 0.102. The number of nitrogens with zero attached hydrogens (tertiary/aromatic N) is 3. The van der Waals surface area contributed by atoms with Crippen LogP contribution in [0, 0.1) is 19.7 Å². The van der Waals surface area contributed by atoms with Gasteiger partial charge in [-0.05, 0) is 73.5 Å². The van der Waals surface area contributed by atoms with Crippen LogP contribution in [0.3, 0.4) is 0 Å². The van der Waals surface area contributed by atoms with Crippen LogP contribution in [0.15, 0.2) is 54.7 Å². The number of amides is 1. The van der Waals surface area contributed by atoms with Crippen LogP contribution in [0.1, 0.15) is 21.6 Å². The molecule has 4 aromatic rings. The van der Waals surface area contributed by atoms with Gasteiger partial charge in [-0.3, -0.25) is 4.79 Å². The van der Waals surface area contributed by atoms with Crippen molar-refractivity contribution in [2.45, 2.75) is 13.8 Å². The van der Waals surface area contributed by atoms with Gasteiger partial charge in [-0.25, -0.2) is 14.4 Å². The highest BCUT2D eigenvalue weighted by atomic mass is 19.1. The molecule has 1 aromatic carbocycles. The molecule has 0 saturated heterocycles. The Kier molecular flexibility index (Phi) is 4.39. The number of hydrogen-bond acceptors (Lipinski definition) is 3. The lowest BCUT2D eigenvalue weighted by Crippen LogP contribution is -2.14. The average molecular weight is 374 g/mol. The molecule has 0 unspecified atom stereocenters. The van der Waals surface area contributed by atoms with E-state index >= 15 is 0 Å². The number of halogens is 1. The van der Waals surface area contributed by atoms with Crippen LogP contribution < -0.4 is 5.32 Å². The molecule has 3 heterocycles. The Morgan fingerprint density at radius 3 is 2.71 bits per heavy atom. The minimum Gasteiger partial charge on any atom is -0.347 e. The highest BCUT2D eigenvalue weighted by Crippen LogP contribution is 2.27. The highest BCUT2D eigenvalue weighted by molar-refractivity contribution is 6.05. The van der Waals surface area contributed by atoms with Crippen LogP contribution in [0.2, 0.25) is 0 Å². The summed E-state index contributed by atoms with van der Waals surface area (Å²) in [7, 11) is 1.89. The molecule has 0 aliphatic heterocycles. The number of fused-ring (bicyclic) bond motifs is 1. The van der Waals surface area contributed by atoms with Gasteiger partial charge in [0.1, 0.15) is 11.6 Å². The first kappa shape index (κ1) is 17.9. The molecule has 0 aliphatic carbocycles. The van der Waals surface area contributed by atoms with Crippen LogP contribution in [0.25, 0.3) is 22.3 Å². The summed E-state index contributed by atoms with van der Waals surface area (Å²) in [6.07, 6.45) is 1.67.